The van der Waals surface area contributed by atoms with E-state index in [-0.39, 0.29) is 5.92 Å². The molecule has 0 aliphatic rings. The second-order valence-corrected chi connectivity index (χ2v) is 3.54. The Morgan fingerprint density at radius 3 is 2.80 bits per heavy atom. The molecular formula is C12H17N3. The number of nitrogens with zero attached hydrogens (tertiary/aromatic N) is 2. The van der Waals surface area contributed by atoms with E-state index in [9.17, 15) is 0 Å². The molecular weight excluding hydrogens is 186 g/mol. The van der Waals surface area contributed by atoms with Crippen molar-refractivity contribution in [3.8, 4) is 6.07 Å². The quantitative estimate of drug-likeness (QED) is 0.717. The first-order valence-electron chi connectivity index (χ1n) is 5.36. The van der Waals surface area contributed by atoms with E-state index in [1.54, 1.807) is 12.4 Å². The van der Waals surface area contributed by atoms with Crippen LogP contribution in [0.15, 0.2) is 24.5 Å². The molecule has 3 nitrogen and oxygen atoms in total. The van der Waals surface area contributed by atoms with Crippen LogP contribution in [0.1, 0.15) is 18.9 Å². The van der Waals surface area contributed by atoms with E-state index >= 15 is 0 Å². The molecule has 1 rings (SSSR count). The molecule has 0 bridgehead atoms. The fourth-order valence-electron chi connectivity index (χ4n) is 1.34. The molecule has 0 fully saturated rings. The highest BCUT2D eigenvalue weighted by atomic mass is 14.8. The first kappa shape index (κ1) is 11.7. The standard InChI is InChI=1S/C12H17N3/c1-2-11(9-13)10-15-8-5-12-3-6-14-7-4-12/h3-4,6-7,11,15H,2,5,8,10H2,1H3. The highest BCUT2D eigenvalue weighted by Crippen LogP contribution is 1.99. The minimum absolute atomic E-state index is 0.141. The average Bonchev–Trinajstić information content (AvgIpc) is 2.31. The molecule has 1 aromatic heterocycles. The summed E-state index contributed by atoms with van der Waals surface area (Å²) in [5, 5.41) is 12.0. The van der Waals surface area contributed by atoms with E-state index in [0.29, 0.717) is 0 Å². The van der Waals surface area contributed by atoms with Gasteiger partial charge in [0, 0.05) is 18.9 Å². The summed E-state index contributed by atoms with van der Waals surface area (Å²) in [5.41, 5.74) is 1.28. The van der Waals surface area contributed by atoms with Crippen LogP contribution in [0, 0.1) is 17.2 Å². The number of nitriles is 1. The Morgan fingerprint density at radius 2 is 2.20 bits per heavy atom. The van der Waals surface area contributed by atoms with Crippen LogP contribution in [0.2, 0.25) is 0 Å². The molecule has 0 aromatic carbocycles. The molecule has 0 amide bonds. The molecule has 15 heavy (non-hydrogen) atoms. The van der Waals surface area contributed by atoms with Crippen molar-refractivity contribution >= 4 is 0 Å². The van der Waals surface area contributed by atoms with Crippen LogP contribution in [0.5, 0.6) is 0 Å². The lowest BCUT2D eigenvalue weighted by molar-refractivity contribution is 0.555. The second kappa shape index (κ2) is 6.97. The smallest absolute Gasteiger partial charge is 0.0669 e. The lowest BCUT2D eigenvalue weighted by Crippen LogP contribution is -2.23. The molecule has 80 valence electrons. The van der Waals surface area contributed by atoms with Crippen LogP contribution in [0.3, 0.4) is 0 Å². The van der Waals surface area contributed by atoms with Crippen molar-refractivity contribution < 1.29 is 0 Å². The van der Waals surface area contributed by atoms with Crippen LogP contribution >= 0.6 is 0 Å². The monoisotopic (exact) mass is 203 g/mol. The summed E-state index contributed by atoms with van der Waals surface area (Å²) in [6.45, 7) is 3.75. The fraction of sp³-hybridized carbons (Fsp3) is 0.500. The van der Waals surface area contributed by atoms with Gasteiger partial charge in [0.2, 0.25) is 0 Å². The number of hydrogen-bond acceptors (Lipinski definition) is 3. The molecule has 0 saturated heterocycles. The number of nitrogens with one attached hydrogen (secondary N) is 1. The predicted molar refractivity (Wildman–Crippen MR) is 60.2 cm³/mol. The molecule has 1 heterocycles. The van der Waals surface area contributed by atoms with Crippen molar-refractivity contribution in [3.05, 3.63) is 30.1 Å². The van der Waals surface area contributed by atoms with Crippen molar-refractivity contribution in [2.45, 2.75) is 19.8 Å². The number of hydrogen-bond donors (Lipinski definition) is 1. The lowest BCUT2D eigenvalue weighted by atomic mass is 10.1. The summed E-state index contributed by atoms with van der Waals surface area (Å²) in [4.78, 5) is 3.96. The Balaban J connectivity index is 2.15. The van der Waals surface area contributed by atoms with Gasteiger partial charge in [-0.25, -0.2) is 0 Å². The average molecular weight is 203 g/mol. The van der Waals surface area contributed by atoms with Gasteiger partial charge in [-0.15, -0.1) is 0 Å². The molecule has 0 aliphatic heterocycles. The number of aromatic nitrogens is 1. The summed E-state index contributed by atoms with van der Waals surface area (Å²) >= 11 is 0. The third-order valence-electron chi connectivity index (χ3n) is 2.41. The molecule has 1 aromatic rings. The van der Waals surface area contributed by atoms with Gasteiger partial charge in [-0.1, -0.05) is 6.92 Å². The zero-order valence-corrected chi connectivity index (χ0v) is 9.11. The normalized spacial score (nSPS) is 12.0. The Labute approximate surface area is 91.1 Å². The fourth-order valence-corrected chi connectivity index (χ4v) is 1.34. The maximum Gasteiger partial charge on any atom is 0.0669 e. The zero-order chi connectivity index (χ0) is 10.9. The van der Waals surface area contributed by atoms with E-state index in [2.05, 4.69) is 16.4 Å². The van der Waals surface area contributed by atoms with E-state index < -0.39 is 0 Å². The highest BCUT2D eigenvalue weighted by molar-refractivity contribution is 5.09. The summed E-state index contributed by atoms with van der Waals surface area (Å²) in [7, 11) is 0. The Morgan fingerprint density at radius 1 is 1.47 bits per heavy atom. The molecule has 3 heteroatoms. The Bertz CT molecular complexity index is 302. The molecule has 0 saturated carbocycles. The van der Waals surface area contributed by atoms with Crippen LogP contribution in [0.4, 0.5) is 0 Å². The van der Waals surface area contributed by atoms with E-state index in [0.717, 1.165) is 25.9 Å². The first-order valence-corrected chi connectivity index (χ1v) is 5.36. The predicted octanol–water partition coefficient (Wildman–Crippen LogP) is 1.76. The molecule has 0 aliphatic carbocycles. The van der Waals surface area contributed by atoms with Gasteiger partial charge in [0.05, 0.1) is 12.0 Å². The van der Waals surface area contributed by atoms with Crippen molar-refractivity contribution in [1.82, 2.24) is 10.3 Å². The van der Waals surface area contributed by atoms with Crippen molar-refractivity contribution in [2.24, 2.45) is 5.92 Å². The summed E-state index contributed by atoms with van der Waals surface area (Å²) in [6.07, 6.45) is 5.52. The van der Waals surface area contributed by atoms with Crippen molar-refractivity contribution in [2.75, 3.05) is 13.1 Å². The Hall–Kier alpha value is -1.40. The molecule has 1 N–H and O–H groups in total. The van der Waals surface area contributed by atoms with Gasteiger partial charge < -0.3 is 5.32 Å². The van der Waals surface area contributed by atoms with Crippen LogP contribution in [-0.2, 0) is 6.42 Å². The maximum absolute atomic E-state index is 8.74. The third kappa shape index (κ3) is 4.57. The van der Waals surface area contributed by atoms with Gasteiger partial charge in [0.25, 0.3) is 0 Å². The first-order chi connectivity index (χ1) is 7.36. The van der Waals surface area contributed by atoms with Crippen molar-refractivity contribution in [3.63, 3.8) is 0 Å². The maximum atomic E-state index is 8.74. The SMILES string of the molecule is CCC(C#N)CNCCc1ccncc1. The zero-order valence-electron chi connectivity index (χ0n) is 9.11. The van der Waals surface area contributed by atoms with E-state index in [1.165, 1.54) is 5.56 Å². The van der Waals surface area contributed by atoms with E-state index in [4.69, 9.17) is 5.26 Å². The van der Waals surface area contributed by atoms with Gasteiger partial charge in [-0.2, -0.15) is 5.26 Å². The molecule has 1 atom stereocenters. The summed E-state index contributed by atoms with van der Waals surface area (Å²) in [6, 6.07) is 6.31. The molecule has 1 unspecified atom stereocenters. The van der Waals surface area contributed by atoms with Gasteiger partial charge in [0.15, 0.2) is 0 Å². The van der Waals surface area contributed by atoms with Crippen LogP contribution in [-0.4, -0.2) is 18.1 Å². The highest BCUT2D eigenvalue weighted by Gasteiger charge is 2.02. The van der Waals surface area contributed by atoms with Gasteiger partial charge in [0.1, 0.15) is 0 Å². The number of rotatable bonds is 6. The largest absolute Gasteiger partial charge is 0.315 e. The van der Waals surface area contributed by atoms with Gasteiger partial charge in [-0.05, 0) is 37.1 Å². The second-order valence-electron chi connectivity index (χ2n) is 3.54. The summed E-state index contributed by atoms with van der Waals surface area (Å²) < 4.78 is 0. The van der Waals surface area contributed by atoms with Crippen LogP contribution < -0.4 is 5.32 Å². The number of pyridine rings is 1. The van der Waals surface area contributed by atoms with Crippen molar-refractivity contribution in [1.29, 1.82) is 5.26 Å². The van der Waals surface area contributed by atoms with Crippen LogP contribution in [0.25, 0.3) is 0 Å². The van der Waals surface area contributed by atoms with E-state index in [1.807, 2.05) is 19.1 Å². The van der Waals surface area contributed by atoms with Gasteiger partial charge in [-0.3, -0.25) is 4.98 Å². The van der Waals surface area contributed by atoms with Gasteiger partial charge >= 0.3 is 0 Å². The summed E-state index contributed by atoms with van der Waals surface area (Å²) in [5.74, 6) is 0.141. The minimum Gasteiger partial charge on any atom is -0.315 e. The molecule has 0 spiro atoms. The topological polar surface area (TPSA) is 48.7 Å². The molecule has 0 radical (unpaired) electrons. The third-order valence-corrected chi connectivity index (χ3v) is 2.41. The lowest BCUT2D eigenvalue weighted by Gasteiger charge is -2.07. The minimum atomic E-state index is 0.141. The Kier molecular flexibility index (Phi) is 5.42.